The van der Waals surface area contributed by atoms with Crippen molar-refractivity contribution in [3.63, 3.8) is 0 Å². The third-order valence-electron chi connectivity index (χ3n) is 1.85. The number of benzene rings is 1. The molecule has 0 bridgehead atoms. The highest BCUT2D eigenvalue weighted by Crippen LogP contribution is 2.22. The summed E-state index contributed by atoms with van der Waals surface area (Å²) in [6.45, 7) is 2.59. The standard InChI is InChI=1S/C11H15N3O3/c1-2-5-17-9-4-3-8(10(15)6-9)7-13-14-11(12)16/h3-4,6-7,15H,2,5H2,1H3,(H3,12,14,16)/b13-7+. The molecule has 0 atom stereocenters. The zero-order valence-electron chi connectivity index (χ0n) is 9.51. The number of nitrogens with zero attached hydrogens (tertiary/aromatic N) is 1. The van der Waals surface area contributed by atoms with E-state index in [-0.39, 0.29) is 5.75 Å². The summed E-state index contributed by atoms with van der Waals surface area (Å²) in [5.41, 5.74) is 7.32. The van der Waals surface area contributed by atoms with Crippen molar-refractivity contribution in [2.75, 3.05) is 6.61 Å². The van der Waals surface area contributed by atoms with E-state index in [1.165, 1.54) is 12.3 Å². The fraction of sp³-hybridized carbons (Fsp3) is 0.273. The second-order valence-corrected chi connectivity index (χ2v) is 3.30. The van der Waals surface area contributed by atoms with E-state index in [2.05, 4.69) is 5.10 Å². The van der Waals surface area contributed by atoms with Gasteiger partial charge in [-0.05, 0) is 18.6 Å². The molecule has 0 fully saturated rings. The summed E-state index contributed by atoms with van der Waals surface area (Å²) < 4.78 is 5.34. The minimum atomic E-state index is -0.761. The van der Waals surface area contributed by atoms with Crippen LogP contribution in [-0.2, 0) is 0 Å². The molecule has 0 aliphatic carbocycles. The molecule has 0 heterocycles. The van der Waals surface area contributed by atoms with Crippen molar-refractivity contribution in [3.05, 3.63) is 23.8 Å². The number of phenols is 1. The molecule has 6 nitrogen and oxygen atoms in total. The van der Waals surface area contributed by atoms with Crippen molar-refractivity contribution >= 4 is 12.2 Å². The molecule has 1 aromatic carbocycles. The van der Waals surface area contributed by atoms with E-state index in [9.17, 15) is 9.90 Å². The van der Waals surface area contributed by atoms with Crippen LogP contribution in [0.4, 0.5) is 4.79 Å². The number of hydrogen-bond acceptors (Lipinski definition) is 4. The molecule has 0 saturated heterocycles. The number of nitrogens with one attached hydrogen (secondary N) is 1. The van der Waals surface area contributed by atoms with Gasteiger partial charge in [0.25, 0.3) is 0 Å². The monoisotopic (exact) mass is 237 g/mol. The van der Waals surface area contributed by atoms with Crippen molar-refractivity contribution < 1.29 is 14.6 Å². The van der Waals surface area contributed by atoms with Crippen LogP contribution in [0, 0.1) is 0 Å². The lowest BCUT2D eigenvalue weighted by Crippen LogP contribution is -2.24. The molecule has 1 aromatic rings. The van der Waals surface area contributed by atoms with Crippen LogP contribution in [0.5, 0.6) is 11.5 Å². The first-order valence-corrected chi connectivity index (χ1v) is 5.17. The highest BCUT2D eigenvalue weighted by atomic mass is 16.5. The first-order valence-electron chi connectivity index (χ1n) is 5.17. The SMILES string of the molecule is CCCOc1ccc(/C=N/NC(N)=O)c(O)c1. The van der Waals surface area contributed by atoms with Crippen LogP contribution >= 0.6 is 0 Å². The minimum absolute atomic E-state index is 0.0219. The van der Waals surface area contributed by atoms with Crippen LogP contribution in [0.1, 0.15) is 18.9 Å². The Morgan fingerprint density at radius 2 is 2.41 bits per heavy atom. The fourth-order valence-corrected chi connectivity index (χ4v) is 1.11. The van der Waals surface area contributed by atoms with Crippen LogP contribution in [0.3, 0.4) is 0 Å². The second-order valence-electron chi connectivity index (χ2n) is 3.30. The Kier molecular flexibility index (Phi) is 4.80. The fourth-order valence-electron chi connectivity index (χ4n) is 1.11. The first-order chi connectivity index (χ1) is 8.13. The Hall–Kier alpha value is -2.24. The number of rotatable bonds is 5. The van der Waals surface area contributed by atoms with E-state index in [1.807, 2.05) is 12.3 Å². The van der Waals surface area contributed by atoms with E-state index in [4.69, 9.17) is 10.5 Å². The van der Waals surface area contributed by atoms with Gasteiger partial charge in [-0.2, -0.15) is 5.10 Å². The van der Waals surface area contributed by atoms with Crippen molar-refractivity contribution in [3.8, 4) is 11.5 Å². The number of urea groups is 1. The Morgan fingerprint density at radius 3 is 3.00 bits per heavy atom. The topological polar surface area (TPSA) is 96.9 Å². The van der Waals surface area contributed by atoms with Crippen molar-refractivity contribution in [1.29, 1.82) is 0 Å². The largest absolute Gasteiger partial charge is 0.507 e. The van der Waals surface area contributed by atoms with Gasteiger partial charge in [-0.1, -0.05) is 6.92 Å². The van der Waals surface area contributed by atoms with Gasteiger partial charge in [-0.15, -0.1) is 0 Å². The summed E-state index contributed by atoms with van der Waals surface area (Å²) in [4.78, 5) is 10.4. The maximum atomic E-state index is 10.4. The minimum Gasteiger partial charge on any atom is -0.507 e. The molecular formula is C11H15N3O3. The number of hydrazone groups is 1. The van der Waals surface area contributed by atoms with Crippen LogP contribution in [-0.4, -0.2) is 24.0 Å². The quantitative estimate of drug-likeness (QED) is 0.530. The molecular weight excluding hydrogens is 222 g/mol. The Morgan fingerprint density at radius 1 is 1.65 bits per heavy atom. The highest BCUT2D eigenvalue weighted by Gasteiger charge is 2.01. The van der Waals surface area contributed by atoms with Crippen LogP contribution in [0.15, 0.2) is 23.3 Å². The molecule has 0 aliphatic rings. The van der Waals surface area contributed by atoms with Crippen LogP contribution < -0.4 is 15.9 Å². The van der Waals surface area contributed by atoms with Gasteiger partial charge < -0.3 is 15.6 Å². The summed E-state index contributed by atoms with van der Waals surface area (Å²) in [5.74, 6) is 0.609. The lowest BCUT2D eigenvalue weighted by atomic mass is 10.2. The molecule has 0 spiro atoms. The molecule has 0 radical (unpaired) electrons. The third kappa shape index (κ3) is 4.42. The molecule has 17 heavy (non-hydrogen) atoms. The first kappa shape index (κ1) is 12.8. The van der Waals surface area contributed by atoms with E-state index in [1.54, 1.807) is 12.1 Å². The summed E-state index contributed by atoms with van der Waals surface area (Å²) in [5, 5.41) is 13.2. The van der Waals surface area contributed by atoms with Gasteiger partial charge in [0, 0.05) is 11.6 Å². The number of carbonyl (C=O) groups excluding carboxylic acids is 1. The van der Waals surface area contributed by atoms with Crippen molar-refractivity contribution in [1.82, 2.24) is 5.43 Å². The van der Waals surface area contributed by atoms with E-state index in [0.29, 0.717) is 17.9 Å². The zero-order valence-corrected chi connectivity index (χ0v) is 9.51. The number of ether oxygens (including phenoxy) is 1. The summed E-state index contributed by atoms with van der Waals surface area (Å²) in [7, 11) is 0. The van der Waals surface area contributed by atoms with Crippen molar-refractivity contribution in [2.45, 2.75) is 13.3 Å². The number of hydrogen-bond donors (Lipinski definition) is 3. The molecule has 4 N–H and O–H groups in total. The van der Waals surface area contributed by atoms with Gasteiger partial charge in [0.15, 0.2) is 0 Å². The van der Waals surface area contributed by atoms with Gasteiger partial charge in [-0.25, -0.2) is 10.2 Å². The van der Waals surface area contributed by atoms with Gasteiger partial charge in [0.1, 0.15) is 11.5 Å². The van der Waals surface area contributed by atoms with E-state index >= 15 is 0 Å². The molecule has 1 rings (SSSR count). The van der Waals surface area contributed by atoms with Gasteiger partial charge in [-0.3, -0.25) is 0 Å². The predicted molar refractivity (Wildman–Crippen MR) is 64.2 cm³/mol. The number of phenolic OH excluding ortho intramolecular Hbond substituents is 1. The smallest absolute Gasteiger partial charge is 0.332 e. The molecule has 0 aliphatic heterocycles. The maximum Gasteiger partial charge on any atom is 0.332 e. The number of primary amides is 1. The summed E-state index contributed by atoms with van der Waals surface area (Å²) in [6.07, 6.45) is 2.19. The van der Waals surface area contributed by atoms with Gasteiger partial charge in [0.2, 0.25) is 0 Å². The molecule has 0 aromatic heterocycles. The maximum absolute atomic E-state index is 10.4. The van der Waals surface area contributed by atoms with E-state index < -0.39 is 6.03 Å². The zero-order chi connectivity index (χ0) is 12.7. The Labute approximate surface area is 99.1 Å². The van der Waals surface area contributed by atoms with Gasteiger partial charge >= 0.3 is 6.03 Å². The second kappa shape index (κ2) is 6.37. The molecule has 2 amide bonds. The number of carbonyl (C=O) groups is 1. The Balaban J connectivity index is 2.68. The summed E-state index contributed by atoms with van der Waals surface area (Å²) in [6, 6.07) is 4.07. The number of amides is 2. The van der Waals surface area contributed by atoms with E-state index in [0.717, 1.165) is 6.42 Å². The normalized spacial score (nSPS) is 10.4. The number of aromatic hydroxyl groups is 1. The lowest BCUT2D eigenvalue weighted by molar-refractivity contribution is 0.249. The molecule has 0 saturated carbocycles. The third-order valence-corrected chi connectivity index (χ3v) is 1.85. The average molecular weight is 237 g/mol. The Bertz CT molecular complexity index is 418. The van der Waals surface area contributed by atoms with Crippen LogP contribution in [0.2, 0.25) is 0 Å². The van der Waals surface area contributed by atoms with Crippen molar-refractivity contribution in [2.24, 2.45) is 10.8 Å². The highest BCUT2D eigenvalue weighted by molar-refractivity contribution is 5.84. The average Bonchev–Trinajstić information content (AvgIpc) is 2.28. The molecule has 92 valence electrons. The predicted octanol–water partition coefficient (Wildman–Crippen LogP) is 1.18. The van der Waals surface area contributed by atoms with Gasteiger partial charge in [0.05, 0.1) is 12.8 Å². The van der Waals surface area contributed by atoms with Crippen LogP contribution in [0.25, 0.3) is 0 Å². The number of nitrogens with two attached hydrogens (primary N) is 1. The molecule has 6 heteroatoms. The summed E-state index contributed by atoms with van der Waals surface area (Å²) >= 11 is 0. The molecule has 0 unspecified atom stereocenters. The lowest BCUT2D eigenvalue weighted by Gasteiger charge is -2.05.